The van der Waals surface area contributed by atoms with Gasteiger partial charge in [-0.25, -0.2) is 4.79 Å². The molecular weight excluding hydrogens is 384 g/mol. The highest BCUT2D eigenvalue weighted by Crippen LogP contribution is 2.22. The third kappa shape index (κ3) is 3.96. The average molecular weight is 397 g/mol. The predicted octanol–water partition coefficient (Wildman–Crippen LogP) is 2.29. The van der Waals surface area contributed by atoms with Crippen LogP contribution in [0.5, 0.6) is 0 Å². The molecule has 0 aliphatic carbocycles. The summed E-state index contributed by atoms with van der Waals surface area (Å²) in [6, 6.07) is 5.90. The van der Waals surface area contributed by atoms with Crippen molar-refractivity contribution in [3.8, 4) is 0 Å². The molecule has 2 aromatic rings. The van der Waals surface area contributed by atoms with Gasteiger partial charge in [-0.2, -0.15) is 4.68 Å². The summed E-state index contributed by atoms with van der Waals surface area (Å²) in [6.07, 6.45) is 0. The number of rotatable bonds is 5. The van der Waals surface area contributed by atoms with Crippen molar-refractivity contribution in [1.82, 2.24) is 9.78 Å². The molecule has 2 rings (SSSR count). The highest BCUT2D eigenvalue weighted by molar-refractivity contribution is 9.10. The summed E-state index contributed by atoms with van der Waals surface area (Å²) < 4.78 is 6.34. The number of esters is 1. The van der Waals surface area contributed by atoms with Gasteiger partial charge in [0.15, 0.2) is 0 Å². The standard InChI is InChI=1S/C14H13BrN4O5/c1-8-5-12(19(22)23)17-18(8)7-13(20)16-9-3-4-10(11(15)6-9)14(21)24-2/h3-6H,7H2,1-2H3,(H,16,20). The van der Waals surface area contributed by atoms with Crippen molar-refractivity contribution in [3.05, 3.63) is 50.1 Å². The summed E-state index contributed by atoms with van der Waals surface area (Å²) in [6.45, 7) is 1.45. The monoisotopic (exact) mass is 396 g/mol. The van der Waals surface area contributed by atoms with Gasteiger partial charge in [-0.1, -0.05) is 0 Å². The second kappa shape index (κ2) is 7.21. The number of benzene rings is 1. The third-order valence-corrected chi connectivity index (χ3v) is 3.76. The van der Waals surface area contributed by atoms with Gasteiger partial charge in [0.05, 0.1) is 29.5 Å². The maximum Gasteiger partial charge on any atom is 0.390 e. The number of carbonyl (C=O) groups excluding carboxylic acids is 2. The number of ether oxygens (including phenoxy) is 1. The molecule has 0 radical (unpaired) electrons. The summed E-state index contributed by atoms with van der Waals surface area (Å²) in [5.41, 5.74) is 1.28. The minimum atomic E-state index is -0.621. The first-order chi connectivity index (χ1) is 11.3. The van der Waals surface area contributed by atoms with E-state index in [4.69, 9.17) is 0 Å². The van der Waals surface area contributed by atoms with Gasteiger partial charge in [0.1, 0.15) is 6.54 Å². The van der Waals surface area contributed by atoms with E-state index in [0.29, 0.717) is 21.4 Å². The second-order valence-corrected chi connectivity index (χ2v) is 5.65. The second-order valence-electron chi connectivity index (χ2n) is 4.79. The van der Waals surface area contributed by atoms with Crippen molar-refractivity contribution in [1.29, 1.82) is 0 Å². The van der Waals surface area contributed by atoms with Gasteiger partial charge in [-0.05, 0) is 46.0 Å². The fraction of sp³-hybridized carbons (Fsp3) is 0.214. The number of nitro groups is 1. The van der Waals surface area contributed by atoms with Gasteiger partial charge in [0.2, 0.25) is 5.91 Å². The predicted molar refractivity (Wildman–Crippen MR) is 87.7 cm³/mol. The van der Waals surface area contributed by atoms with Crippen molar-refractivity contribution in [2.24, 2.45) is 0 Å². The van der Waals surface area contributed by atoms with Crippen LogP contribution in [0, 0.1) is 17.0 Å². The lowest BCUT2D eigenvalue weighted by molar-refractivity contribution is -0.389. The maximum atomic E-state index is 12.1. The van der Waals surface area contributed by atoms with Crippen LogP contribution in [0.4, 0.5) is 11.5 Å². The summed E-state index contributed by atoms with van der Waals surface area (Å²) in [4.78, 5) is 33.6. The van der Waals surface area contributed by atoms with Crippen LogP contribution in [0.1, 0.15) is 16.1 Å². The van der Waals surface area contributed by atoms with Crippen LogP contribution in [-0.2, 0) is 16.1 Å². The van der Waals surface area contributed by atoms with Gasteiger partial charge in [0.25, 0.3) is 0 Å². The Hall–Kier alpha value is -2.75. The molecule has 0 spiro atoms. The molecule has 0 saturated carbocycles. The van der Waals surface area contributed by atoms with E-state index >= 15 is 0 Å². The van der Waals surface area contributed by atoms with Gasteiger partial charge < -0.3 is 20.2 Å². The largest absolute Gasteiger partial charge is 0.465 e. The van der Waals surface area contributed by atoms with E-state index in [1.165, 1.54) is 23.9 Å². The number of nitrogens with one attached hydrogen (secondary N) is 1. The van der Waals surface area contributed by atoms with E-state index in [0.717, 1.165) is 0 Å². The number of aryl methyl sites for hydroxylation is 1. The summed E-state index contributed by atoms with van der Waals surface area (Å²) in [5.74, 6) is -1.22. The van der Waals surface area contributed by atoms with Crippen LogP contribution in [-0.4, -0.2) is 33.7 Å². The molecule has 0 aliphatic heterocycles. The molecule has 0 saturated heterocycles. The Morgan fingerprint density at radius 2 is 2.12 bits per heavy atom. The minimum Gasteiger partial charge on any atom is -0.465 e. The van der Waals surface area contributed by atoms with Crippen LogP contribution in [0.3, 0.4) is 0 Å². The Labute approximate surface area is 144 Å². The zero-order chi connectivity index (χ0) is 17.9. The molecule has 0 fully saturated rings. The SMILES string of the molecule is COC(=O)c1ccc(NC(=O)Cn2nc([N+](=O)[O-])cc2C)cc1Br. The molecule has 0 bridgehead atoms. The summed E-state index contributed by atoms with van der Waals surface area (Å²) >= 11 is 3.23. The fourth-order valence-corrected chi connectivity index (χ4v) is 2.49. The van der Waals surface area contributed by atoms with Crippen LogP contribution in [0.25, 0.3) is 0 Å². The van der Waals surface area contributed by atoms with Crippen molar-refractivity contribution in [2.45, 2.75) is 13.5 Å². The van der Waals surface area contributed by atoms with Crippen molar-refractivity contribution in [2.75, 3.05) is 12.4 Å². The Morgan fingerprint density at radius 1 is 1.42 bits per heavy atom. The molecule has 10 heteroatoms. The van der Waals surface area contributed by atoms with Crippen LogP contribution < -0.4 is 5.32 Å². The lowest BCUT2D eigenvalue weighted by Crippen LogP contribution is -2.20. The molecule has 0 unspecified atom stereocenters. The Morgan fingerprint density at radius 3 is 2.67 bits per heavy atom. The topological polar surface area (TPSA) is 116 Å². The van der Waals surface area contributed by atoms with Crippen LogP contribution in [0.15, 0.2) is 28.7 Å². The molecule has 126 valence electrons. The average Bonchev–Trinajstić information content (AvgIpc) is 2.88. The van der Waals surface area contributed by atoms with Crippen LogP contribution >= 0.6 is 15.9 Å². The lowest BCUT2D eigenvalue weighted by Gasteiger charge is -2.07. The number of aromatic nitrogens is 2. The Balaban J connectivity index is 2.09. The van der Waals surface area contributed by atoms with Crippen molar-refractivity contribution in [3.63, 3.8) is 0 Å². The fourth-order valence-electron chi connectivity index (χ4n) is 1.95. The Kier molecular flexibility index (Phi) is 5.29. The Bertz CT molecular complexity index is 817. The number of amides is 1. The van der Waals surface area contributed by atoms with E-state index in [9.17, 15) is 19.7 Å². The molecule has 1 amide bonds. The quantitative estimate of drug-likeness (QED) is 0.470. The number of anilines is 1. The third-order valence-electron chi connectivity index (χ3n) is 3.11. The number of hydrogen-bond acceptors (Lipinski definition) is 6. The highest BCUT2D eigenvalue weighted by Gasteiger charge is 2.18. The zero-order valence-electron chi connectivity index (χ0n) is 12.8. The molecule has 24 heavy (non-hydrogen) atoms. The van der Waals surface area contributed by atoms with Gasteiger partial charge >= 0.3 is 11.8 Å². The smallest absolute Gasteiger partial charge is 0.390 e. The molecule has 1 aromatic heterocycles. The molecule has 1 heterocycles. The van der Waals surface area contributed by atoms with Crippen molar-refractivity contribution >= 4 is 39.3 Å². The van der Waals surface area contributed by atoms with E-state index in [-0.39, 0.29) is 12.4 Å². The normalized spacial score (nSPS) is 10.3. The van der Waals surface area contributed by atoms with E-state index in [1.807, 2.05) is 0 Å². The first-order valence-electron chi connectivity index (χ1n) is 6.68. The number of carbonyl (C=O) groups is 2. The minimum absolute atomic E-state index is 0.171. The molecule has 0 aliphatic rings. The molecule has 0 atom stereocenters. The van der Waals surface area contributed by atoms with E-state index in [1.54, 1.807) is 19.1 Å². The number of methoxy groups -OCH3 is 1. The number of hydrogen-bond donors (Lipinski definition) is 1. The maximum absolute atomic E-state index is 12.1. The molecule has 9 nitrogen and oxygen atoms in total. The molecular formula is C14H13BrN4O5. The van der Waals surface area contributed by atoms with Gasteiger partial charge in [-0.15, -0.1) is 0 Å². The number of halogens is 1. The first kappa shape index (κ1) is 17.6. The van der Waals surface area contributed by atoms with Gasteiger partial charge in [-0.3, -0.25) is 4.79 Å². The van der Waals surface area contributed by atoms with E-state index < -0.39 is 16.8 Å². The molecule has 1 N–H and O–H groups in total. The van der Waals surface area contributed by atoms with E-state index in [2.05, 4.69) is 31.1 Å². The summed E-state index contributed by atoms with van der Waals surface area (Å²) in [5, 5.41) is 17.1. The lowest BCUT2D eigenvalue weighted by atomic mass is 10.2. The molecule has 1 aromatic carbocycles. The zero-order valence-corrected chi connectivity index (χ0v) is 14.4. The number of nitrogens with zero attached hydrogens (tertiary/aromatic N) is 3. The summed E-state index contributed by atoms with van der Waals surface area (Å²) in [7, 11) is 1.27. The highest BCUT2D eigenvalue weighted by atomic mass is 79.9. The first-order valence-corrected chi connectivity index (χ1v) is 7.47. The van der Waals surface area contributed by atoms with Crippen LogP contribution in [0.2, 0.25) is 0 Å². The van der Waals surface area contributed by atoms with Crippen molar-refractivity contribution < 1.29 is 19.2 Å². The van der Waals surface area contributed by atoms with Gasteiger partial charge in [0, 0.05) is 10.2 Å².